The molecule has 0 spiro atoms. The zero-order valence-electron chi connectivity index (χ0n) is 13.5. The maximum Gasteiger partial charge on any atom is 0.303 e. The van der Waals surface area contributed by atoms with Gasteiger partial charge < -0.3 is 10.4 Å². The summed E-state index contributed by atoms with van der Waals surface area (Å²) in [6.45, 7) is 5.76. The number of anilines is 1. The van der Waals surface area contributed by atoms with Crippen LogP contribution in [-0.4, -0.2) is 32.0 Å². The molecule has 0 fully saturated rings. The Balaban J connectivity index is 2.01. The van der Waals surface area contributed by atoms with Gasteiger partial charge in [-0.15, -0.1) is 5.10 Å². The molecule has 1 aromatic heterocycles. The average molecular weight is 316 g/mol. The third-order valence-corrected chi connectivity index (χ3v) is 3.45. The molecule has 7 heteroatoms. The van der Waals surface area contributed by atoms with Gasteiger partial charge in [0.1, 0.15) is 6.54 Å². The summed E-state index contributed by atoms with van der Waals surface area (Å²) in [5.41, 5.74) is 4.21. The molecule has 0 aliphatic carbocycles. The number of carbonyl (C=O) groups is 2. The van der Waals surface area contributed by atoms with Crippen molar-refractivity contribution in [1.29, 1.82) is 0 Å². The number of benzene rings is 1. The Labute approximate surface area is 134 Å². The predicted molar refractivity (Wildman–Crippen MR) is 85.3 cm³/mol. The van der Waals surface area contributed by atoms with Crippen LogP contribution < -0.4 is 5.32 Å². The summed E-state index contributed by atoms with van der Waals surface area (Å²) >= 11 is 0. The van der Waals surface area contributed by atoms with Crippen LogP contribution in [0.2, 0.25) is 0 Å². The van der Waals surface area contributed by atoms with Crippen molar-refractivity contribution < 1.29 is 14.7 Å². The highest BCUT2D eigenvalue weighted by atomic mass is 16.4. The van der Waals surface area contributed by atoms with Crippen molar-refractivity contribution in [3.05, 3.63) is 40.7 Å². The van der Waals surface area contributed by atoms with Gasteiger partial charge in [-0.25, -0.2) is 4.68 Å². The molecule has 0 aliphatic rings. The lowest BCUT2D eigenvalue weighted by atomic mass is 10.1. The van der Waals surface area contributed by atoms with Crippen LogP contribution in [-0.2, 0) is 22.6 Å². The van der Waals surface area contributed by atoms with Crippen LogP contribution in [0.25, 0.3) is 0 Å². The van der Waals surface area contributed by atoms with E-state index in [0.717, 1.165) is 16.8 Å². The van der Waals surface area contributed by atoms with Crippen LogP contribution in [0.3, 0.4) is 0 Å². The molecule has 1 amide bonds. The van der Waals surface area contributed by atoms with Crippen LogP contribution in [0.5, 0.6) is 0 Å². The van der Waals surface area contributed by atoms with E-state index >= 15 is 0 Å². The molecule has 2 aromatic rings. The van der Waals surface area contributed by atoms with Gasteiger partial charge in [-0.3, -0.25) is 9.59 Å². The summed E-state index contributed by atoms with van der Waals surface area (Å²) < 4.78 is 1.48. The van der Waals surface area contributed by atoms with Gasteiger partial charge in [-0.1, -0.05) is 11.3 Å². The van der Waals surface area contributed by atoms with Gasteiger partial charge in [-0.05, 0) is 44.0 Å². The van der Waals surface area contributed by atoms with Gasteiger partial charge >= 0.3 is 5.97 Å². The van der Waals surface area contributed by atoms with Crippen molar-refractivity contribution in [3.8, 4) is 0 Å². The second kappa shape index (κ2) is 7.04. The molecule has 1 aromatic carbocycles. The number of carbonyl (C=O) groups excluding carboxylic acids is 1. The molecule has 0 radical (unpaired) electrons. The SMILES string of the molecule is Cc1cc(C)cc(NC(=O)Cn2nnc(CCC(=O)O)c2C)c1. The Morgan fingerprint density at radius 3 is 2.43 bits per heavy atom. The van der Waals surface area contributed by atoms with Crippen LogP contribution in [0, 0.1) is 20.8 Å². The third-order valence-electron chi connectivity index (χ3n) is 3.45. The van der Waals surface area contributed by atoms with E-state index in [1.54, 1.807) is 6.92 Å². The van der Waals surface area contributed by atoms with Crippen LogP contribution in [0.1, 0.15) is 28.9 Å². The molecule has 7 nitrogen and oxygen atoms in total. The standard InChI is InChI=1S/C16H20N4O3/c1-10-6-11(2)8-13(7-10)17-15(21)9-20-12(3)14(18-19-20)4-5-16(22)23/h6-8H,4-5,9H2,1-3H3,(H,17,21)(H,22,23). The van der Waals surface area contributed by atoms with E-state index in [1.807, 2.05) is 32.0 Å². The molecule has 2 rings (SSSR count). The summed E-state index contributed by atoms with van der Waals surface area (Å²) in [5.74, 6) is -1.08. The van der Waals surface area contributed by atoms with Gasteiger partial charge in [0.05, 0.1) is 17.8 Å². The lowest BCUT2D eigenvalue weighted by molar-refractivity contribution is -0.137. The molecule has 0 saturated heterocycles. The van der Waals surface area contributed by atoms with Gasteiger partial charge in [0.2, 0.25) is 5.91 Å². The number of carboxylic acids is 1. The molecule has 0 atom stereocenters. The van der Waals surface area contributed by atoms with E-state index in [2.05, 4.69) is 15.6 Å². The van der Waals surface area contributed by atoms with E-state index in [9.17, 15) is 9.59 Å². The molecule has 0 saturated carbocycles. The number of aliphatic carboxylic acids is 1. The first-order chi connectivity index (χ1) is 10.8. The lowest BCUT2D eigenvalue weighted by Gasteiger charge is -2.08. The zero-order valence-corrected chi connectivity index (χ0v) is 13.5. The molecule has 0 unspecified atom stereocenters. The van der Waals surface area contributed by atoms with Crippen molar-refractivity contribution in [2.75, 3.05) is 5.32 Å². The number of nitrogens with zero attached hydrogens (tertiary/aromatic N) is 3. The van der Waals surface area contributed by atoms with E-state index in [0.29, 0.717) is 17.8 Å². The first-order valence-electron chi connectivity index (χ1n) is 7.34. The topological polar surface area (TPSA) is 97.1 Å². The monoisotopic (exact) mass is 316 g/mol. The van der Waals surface area contributed by atoms with E-state index in [1.165, 1.54) is 4.68 Å². The summed E-state index contributed by atoms with van der Waals surface area (Å²) in [5, 5.41) is 19.4. The Bertz CT molecular complexity index is 717. The number of amides is 1. The van der Waals surface area contributed by atoms with E-state index in [4.69, 9.17) is 5.11 Å². The van der Waals surface area contributed by atoms with Crippen molar-refractivity contribution >= 4 is 17.6 Å². The highest BCUT2D eigenvalue weighted by molar-refractivity contribution is 5.90. The molecular weight excluding hydrogens is 296 g/mol. The molecule has 122 valence electrons. The Morgan fingerprint density at radius 2 is 1.83 bits per heavy atom. The average Bonchev–Trinajstić information content (AvgIpc) is 2.76. The van der Waals surface area contributed by atoms with Crippen molar-refractivity contribution in [2.24, 2.45) is 0 Å². The molecule has 0 aliphatic heterocycles. The number of rotatable bonds is 6. The molecule has 23 heavy (non-hydrogen) atoms. The smallest absolute Gasteiger partial charge is 0.303 e. The van der Waals surface area contributed by atoms with Gasteiger partial charge in [0, 0.05) is 12.1 Å². The van der Waals surface area contributed by atoms with Crippen LogP contribution >= 0.6 is 0 Å². The number of carboxylic acid groups (broad SMARTS) is 1. The molecular formula is C16H20N4O3. The Hall–Kier alpha value is -2.70. The van der Waals surface area contributed by atoms with Gasteiger partial charge in [0.25, 0.3) is 0 Å². The first kappa shape index (κ1) is 16.7. The summed E-state index contributed by atoms with van der Waals surface area (Å²) in [6.07, 6.45) is 0.300. The summed E-state index contributed by atoms with van der Waals surface area (Å²) in [4.78, 5) is 22.7. The molecule has 0 bridgehead atoms. The van der Waals surface area contributed by atoms with Crippen LogP contribution in [0.15, 0.2) is 18.2 Å². The lowest BCUT2D eigenvalue weighted by Crippen LogP contribution is -2.20. The predicted octanol–water partition coefficient (Wildman–Crippen LogP) is 1.86. The maximum absolute atomic E-state index is 12.1. The van der Waals surface area contributed by atoms with E-state index in [-0.39, 0.29) is 18.9 Å². The largest absolute Gasteiger partial charge is 0.481 e. The van der Waals surface area contributed by atoms with Crippen LogP contribution in [0.4, 0.5) is 5.69 Å². The molecule has 2 N–H and O–H groups in total. The normalized spacial score (nSPS) is 10.6. The Morgan fingerprint density at radius 1 is 1.17 bits per heavy atom. The quantitative estimate of drug-likeness (QED) is 0.848. The highest BCUT2D eigenvalue weighted by Gasteiger charge is 2.13. The summed E-state index contributed by atoms with van der Waals surface area (Å²) in [7, 11) is 0. The fourth-order valence-corrected chi connectivity index (χ4v) is 2.39. The zero-order chi connectivity index (χ0) is 17.0. The number of hydrogen-bond acceptors (Lipinski definition) is 4. The Kier molecular flexibility index (Phi) is 5.10. The number of hydrogen-bond donors (Lipinski definition) is 2. The number of aryl methyl sites for hydroxylation is 3. The summed E-state index contributed by atoms with van der Waals surface area (Å²) in [6, 6.07) is 5.83. The third kappa shape index (κ3) is 4.64. The second-order valence-electron chi connectivity index (χ2n) is 5.60. The first-order valence-corrected chi connectivity index (χ1v) is 7.34. The fraction of sp³-hybridized carbons (Fsp3) is 0.375. The second-order valence-corrected chi connectivity index (χ2v) is 5.60. The highest BCUT2D eigenvalue weighted by Crippen LogP contribution is 2.14. The van der Waals surface area contributed by atoms with Gasteiger partial charge in [-0.2, -0.15) is 0 Å². The number of nitrogens with one attached hydrogen (secondary N) is 1. The number of aromatic nitrogens is 3. The van der Waals surface area contributed by atoms with Gasteiger partial charge in [0.15, 0.2) is 0 Å². The minimum atomic E-state index is -0.883. The van der Waals surface area contributed by atoms with Crippen molar-refractivity contribution in [2.45, 2.75) is 40.2 Å². The molecule has 1 heterocycles. The van der Waals surface area contributed by atoms with E-state index < -0.39 is 5.97 Å². The minimum Gasteiger partial charge on any atom is -0.481 e. The van der Waals surface area contributed by atoms with Crippen molar-refractivity contribution in [3.63, 3.8) is 0 Å². The minimum absolute atomic E-state index is 0.00566. The maximum atomic E-state index is 12.1. The fourth-order valence-electron chi connectivity index (χ4n) is 2.39. The van der Waals surface area contributed by atoms with Crippen molar-refractivity contribution in [1.82, 2.24) is 15.0 Å².